The number of imidazole rings is 1. The Kier molecular flexibility index (Phi) is 9.95. The summed E-state index contributed by atoms with van der Waals surface area (Å²) in [6.07, 6.45) is 3.84. The molecule has 5 rings (SSSR count). The van der Waals surface area contributed by atoms with Crippen molar-refractivity contribution in [1.82, 2.24) is 9.55 Å². The van der Waals surface area contributed by atoms with Gasteiger partial charge in [-0.05, 0) is 60.1 Å². The SMILES string of the molecule is O=C(O)C(F)(F)F.O=C1CCCc2c1ccc(OCCc1cncn1Cc1ccccc1)c2CCc1ccccc1. The number of aliphatic carboxylic acids is 1. The average Bonchev–Trinajstić information content (AvgIpc) is 3.40. The van der Waals surface area contributed by atoms with Gasteiger partial charge in [-0.3, -0.25) is 4.79 Å². The first-order valence-electron chi connectivity index (χ1n) is 13.4. The number of aryl methyl sites for hydroxylation is 1. The molecular weight excluding hydrogens is 533 g/mol. The fourth-order valence-electron chi connectivity index (χ4n) is 4.85. The Morgan fingerprint density at radius 2 is 1.56 bits per heavy atom. The topological polar surface area (TPSA) is 81.4 Å². The van der Waals surface area contributed by atoms with Crippen LogP contribution in [0.25, 0.3) is 0 Å². The molecule has 0 spiro atoms. The number of rotatable bonds is 9. The highest BCUT2D eigenvalue weighted by atomic mass is 19.4. The fraction of sp³-hybridized carbons (Fsp3) is 0.281. The minimum Gasteiger partial charge on any atom is -0.493 e. The summed E-state index contributed by atoms with van der Waals surface area (Å²) in [5, 5.41) is 7.12. The number of ether oxygens (including phenoxy) is 1. The Morgan fingerprint density at radius 3 is 2.22 bits per heavy atom. The molecule has 9 heteroatoms. The molecule has 41 heavy (non-hydrogen) atoms. The van der Waals surface area contributed by atoms with E-state index in [1.807, 2.05) is 36.8 Å². The highest BCUT2D eigenvalue weighted by molar-refractivity contribution is 5.99. The second-order valence-electron chi connectivity index (χ2n) is 9.73. The number of hydrogen-bond donors (Lipinski definition) is 1. The standard InChI is InChI=1S/C30H30N2O2.C2HF3O2/c33-29-13-7-12-26-27(29)16-17-30(28(26)15-14-23-8-3-1-4-9-23)34-19-18-25-20-31-22-32(25)21-24-10-5-2-6-11-24;3-2(4,5)1(6)7/h1-6,8-11,16-17,20,22H,7,12-15,18-19,21H2;(H,6,7). The van der Waals surface area contributed by atoms with Crippen LogP contribution < -0.4 is 4.74 Å². The van der Waals surface area contributed by atoms with Crippen molar-refractivity contribution in [3.63, 3.8) is 0 Å². The Labute approximate surface area is 236 Å². The van der Waals surface area contributed by atoms with E-state index in [-0.39, 0.29) is 5.78 Å². The Hall–Kier alpha value is -4.40. The third-order valence-electron chi connectivity index (χ3n) is 6.88. The number of halogens is 3. The number of ketones is 1. The summed E-state index contributed by atoms with van der Waals surface area (Å²) in [6, 6.07) is 24.9. The first-order valence-corrected chi connectivity index (χ1v) is 13.4. The molecule has 0 saturated carbocycles. The summed E-state index contributed by atoms with van der Waals surface area (Å²) in [5.41, 5.74) is 7.00. The molecule has 0 radical (unpaired) electrons. The quantitative estimate of drug-likeness (QED) is 0.251. The number of carboxylic acids is 1. The maximum atomic E-state index is 12.5. The van der Waals surface area contributed by atoms with Crippen LogP contribution >= 0.6 is 0 Å². The molecule has 1 heterocycles. The van der Waals surface area contributed by atoms with Gasteiger partial charge < -0.3 is 14.4 Å². The largest absolute Gasteiger partial charge is 0.493 e. The fourth-order valence-corrected chi connectivity index (χ4v) is 4.85. The third kappa shape index (κ3) is 8.30. The molecule has 1 aromatic heterocycles. The van der Waals surface area contributed by atoms with Crippen molar-refractivity contribution in [2.24, 2.45) is 0 Å². The molecule has 1 aliphatic rings. The van der Waals surface area contributed by atoms with Crippen molar-refractivity contribution in [3.05, 3.63) is 119 Å². The van der Waals surface area contributed by atoms with E-state index in [1.165, 1.54) is 22.3 Å². The Bertz CT molecular complexity index is 1450. The lowest BCUT2D eigenvalue weighted by Crippen LogP contribution is -2.21. The van der Waals surface area contributed by atoms with Crippen LogP contribution in [0.5, 0.6) is 5.75 Å². The maximum Gasteiger partial charge on any atom is 0.490 e. The van der Waals surface area contributed by atoms with E-state index < -0.39 is 12.1 Å². The van der Waals surface area contributed by atoms with E-state index in [0.717, 1.165) is 55.7 Å². The number of nitrogens with zero attached hydrogens (tertiary/aromatic N) is 2. The number of benzene rings is 3. The van der Waals surface area contributed by atoms with E-state index in [2.05, 4.69) is 58.1 Å². The van der Waals surface area contributed by atoms with E-state index in [1.54, 1.807) is 0 Å². The highest BCUT2D eigenvalue weighted by Gasteiger charge is 2.38. The molecular formula is C32H31F3N2O4. The molecule has 1 aliphatic carbocycles. The number of carbonyl (C=O) groups excluding carboxylic acids is 1. The van der Waals surface area contributed by atoms with Gasteiger partial charge in [-0.2, -0.15) is 13.2 Å². The molecule has 3 aromatic carbocycles. The Morgan fingerprint density at radius 1 is 0.902 bits per heavy atom. The van der Waals surface area contributed by atoms with E-state index in [4.69, 9.17) is 14.6 Å². The summed E-state index contributed by atoms with van der Waals surface area (Å²) in [7, 11) is 0. The minimum atomic E-state index is -5.08. The summed E-state index contributed by atoms with van der Waals surface area (Å²) in [6.45, 7) is 1.38. The van der Waals surface area contributed by atoms with Gasteiger partial charge in [0, 0.05) is 36.8 Å². The van der Waals surface area contributed by atoms with Crippen molar-refractivity contribution in [3.8, 4) is 5.75 Å². The molecule has 0 atom stereocenters. The van der Waals surface area contributed by atoms with E-state index >= 15 is 0 Å². The Balaban J connectivity index is 0.000000493. The predicted octanol–water partition coefficient (Wildman–Crippen LogP) is 6.49. The van der Waals surface area contributed by atoms with Crippen molar-refractivity contribution >= 4 is 11.8 Å². The van der Waals surface area contributed by atoms with Crippen LogP contribution in [0.15, 0.2) is 85.3 Å². The van der Waals surface area contributed by atoms with Crippen LogP contribution in [0.4, 0.5) is 13.2 Å². The van der Waals surface area contributed by atoms with Crippen LogP contribution in [0, 0.1) is 0 Å². The van der Waals surface area contributed by atoms with Crippen LogP contribution in [0.1, 0.15) is 51.1 Å². The molecule has 214 valence electrons. The summed E-state index contributed by atoms with van der Waals surface area (Å²) in [5.74, 6) is -1.58. The molecule has 0 bridgehead atoms. The average molecular weight is 565 g/mol. The van der Waals surface area contributed by atoms with Crippen molar-refractivity contribution < 1.29 is 32.6 Å². The molecule has 0 unspecified atom stereocenters. The molecule has 0 saturated heterocycles. The van der Waals surface area contributed by atoms with E-state index in [9.17, 15) is 18.0 Å². The zero-order chi connectivity index (χ0) is 29.2. The minimum absolute atomic E-state index is 0.263. The first-order chi connectivity index (χ1) is 19.7. The van der Waals surface area contributed by atoms with Gasteiger partial charge in [0.15, 0.2) is 5.78 Å². The smallest absolute Gasteiger partial charge is 0.490 e. The van der Waals surface area contributed by atoms with Gasteiger partial charge in [-0.15, -0.1) is 0 Å². The van der Waals surface area contributed by atoms with Gasteiger partial charge in [0.2, 0.25) is 0 Å². The lowest BCUT2D eigenvalue weighted by atomic mass is 9.85. The van der Waals surface area contributed by atoms with Crippen molar-refractivity contribution in [2.45, 2.75) is 51.2 Å². The number of alkyl halides is 3. The summed E-state index contributed by atoms with van der Waals surface area (Å²) < 4.78 is 40.3. The second-order valence-corrected chi connectivity index (χ2v) is 9.73. The molecule has 6 nitrogen and oxygen atoms in total. The van der Waals surface area contributed by atoms with Crippen LogP contribution in [0.3, 0.4) is 0 Å². The number of carbonyl (C=O) groups is 2. The van der Waals surface area contributed by atoms with Crippen LogP contribution in [0.2, 0.25) is 0 Å². The number of fused-ring (bicyclic) bond motifs is 1. The van der Waals surface area contributed by atoms with E-state index in [0.29, 0.717) is 13.0 Å². The van der Waals surface area contributed by atoms with Crippen molar-refractivity contribution in [2.75, 3.05) is 6.61 Å². The lowest BCUT2D eigenvalue weighted by molar-refractivity contribution is -0.192. The molecule has 1 N–H and O–H groups in total. The van der Waals surface area contributed by atoms with Gasteiger partial charge in [-0.1, -0.05) is 60.7 Å². The molecule has 0 aliphatic heterocycles. The van der Waals surface area contributed by atoms with Gasteiger partial charge in [-0.25, -0.2) is 9.78 Å². The molecule has 0 amide bonds. The number of carboxylic acid groups (broad SMARTS) is 1. The first kappa shape index (κ1) is 29.6. The van der Waals surface area contributed by atoms with Gasteiger partial charge >= 0.3 is 12.1 Å². The van der Waals surface area contributed by atoms with Crippen LogP contribution in [-0.2, 0) is 37.0 Å². The second kappa shape index (κ2) is 13.8. The molecule has 4 aromatic rings. The van der Waals surface area contributed by atoms with Crippen molar-refractivity contribution in [1.29, 1.82) is 0 Å². The number of aromatic nitrogens is 2. The van der Waals surface area contributed by atoms with Gasteiger partial charge in [0.1, 0.15) is 5.75 Å². The normalized spacial score (nSPS) is 12.7. The number of Topliss-reactive ketones (excluding diaryl/α,β-unsaturated/α-hetero) is 1. The lowest BCUT2D eigenvalue weighted by Gasteiger charge is -2.22. The molecule has 0 fully saturated rings. The highest BCUT2D eigenvalue weighted by Crippen LogP contribution is 2.32. The maximum absolute atomic E-state index is 12.5. The predicted molar refractivity (Wildman–Crippen MR) is 148 cm³/mol. The summed E-state index contributed by atoms with van der Waals surface area (Å²) in [4.78, 5) is 25.8. The van der Waals surface area contributed by atoms with Gasteiger partial charge in [0.25, 0.3) is 0 Å². The monoisotopic (exact) mass is 564 g/mol. The summed E-state index contributed by atoms with van der Waals surface area (Å²) >= 11 is 0. The third-order valence-corrected chi connectivity index (χ3v) is 6.88. The zero-order valence-electron chi connectivity index (χ0n) is 22.4. The number of hydrogen-bond acceptors (Lipinski definition) is 4. The van der Waals surface area contributed by atoms with Gasteiger partial charge in [0.05, 0.1) is 12.9 Å². The zero-order valence-corrected chi connectivity index (χ0v) is 22.4. The van der Waals surface area contributed by atoms with Crippen LogP contribution in [-0.4, -0.2) is 39.2 Å².